The van der Waals surface area contributed by atoms with Crippen LogP contribution in [0.3, 0.4) is 0 Å². The molecule has 6 nitrogen and oxygen atoms in total. The third kappa shape index (κ3) is 8.21. The van der Waals surface area contributed by atoms with Crippen LogP contribution in [-0.4, -0.2) is 35.6 Å². The fourth-order valence-electron chi connectivity index (χ4n) is 5.68. The average Bonchev–Trinajstić information content (AvgIpc) is 3.85. The molecule has 1 fully saturated rings. The first-order chi connectivity index (χ1) is 21.9. The topological polar surface area (TPSA) is 90.5 Å². The van der Waals surface area contributed by atoms with Gasteiger partial charge in [-0.1, -0.05) is 72.8 Å². The minimum absolute atomic E-state index is 0.0485. The molecule has 0 spiro atoms. The number of halogens is 3. The van der Waals surface area contributed by atoms with Gasteiger partial charge in [-0.05, 0) is 85.7 Å². The Morgan fingerprint density at radius 2 is 1.43 bits per heavy atom. The number of nitrogens with one attached hydrogen (secondary N) is 3. The molecule has 3 atom stereocenters. The number of rotatable bonds is 12. The van der Waals surface area contributed by atoms with Crippen molar-refractivity contribution in [3.63, 3.8) is 0 Å². The second kappa shape index (κ2) is 13.9. The molecule has 4 aromatic carbocycles. The molecule has 0 heterocycles. The van der Waals surface area contributed by atoms with Gasteiger partial charge in [0.25, 0.3) is 11.8 Å². The van der Waals surface area contributed by atoms with Crippen molar-refractivity contribution in [1.29, 1.82) is 0 Å². The summed E-state index contributed by atoms with van der Waals surface area (Å²) in [6, 6.07) is 28.2. The van der Waals surface area contributed by atoms with Crippen LogP contribution in [0.5, 0.6) is 0 Å². The van der Waals surface area contributed by atoms with Gasteiger partial charge in [0, 0.05) is 23.2 Å². The number of carbonyl (C=O) groups is 2. The molecule has 240 valence electrons. The van der Waals surface area contributed by atoms with E-state index in [1.165, 1.54) is 12.1 Å². The zero-order valence-corrected chi connectivity index (χ0v) is 25.8. The number of hydrogen-bond donors (Lipinski definition) is 4. The van der Waals surface area contributed by atoms with Gasteiger partial charge in [-0.15, -0.1) is 0 Å². The number of aryl methyl sites for hydroxylation is 1. The molecule has 4 aromatic rings. The molecule has 0 aliphatic heterocycles. The van der Waals surface area contributed by atoms with Crippen LogP contribution in [-0.2, 0) is 18.1 Å². The van der Waals surface area contributed by atoms with E-state index in [-0.39, 0.29) is 24.1 Å². The molecule has 1 saturated carbocycles. The summed E-state index contributed by atoms with van der Waals surface area (Å²) in [5.41, 5.74) is 2.32. The molecule has 0 unspecified atom stereocenters. The van der Waals surface area contributed by atoms with Crippen molar-refractivity contribution in [3.8, 4) is 0 Å². The van der Waals surface area contributed by atoms with Gasteiger partial charge in [0.15, 0.2) is 0 Å². The zero-order chi connectivity index (χ0) is 32.9. The van der Waals surface area contributed by atoms with E-state index in [2.05, 4.69) is 16.0 Å². The minimum atomic E-state index is -4.45. The van der Waals surface area contributed by atoms with E-state index < -0.39 is 35.3 Å². The van der Waals surface area contributed by atoms with Gasteiger partial charge < -0.3 is 21.1 Å². The predicted molar refractivity (Wildman–Crippen MR) is 171 cm³/mol. The first-order valence-electron chi connectivity index (χ1n) is 15.4. The van der Waals surface area contributed by atoms with Crippen molar-refractivity contribution < 1.29 is 27.9 Å². The second-order valence-electron chi connectivity index (χ2n) is 12.1. The molecule has 4 N–H and O–H groups in total. The molecule has 46 heavy (non-hydrogen) atoms. The summed E-state index contributed by atoms with van der Waals surface area (Å²) in [6.07, 6.45) is -3.93. The quantitative estimate of drug-likeness (QED) is 0.144. The van der Waals surface area contributed by atoms with Crippen LogP contribution in [0, 0.1) is 6.92 Å². The van der Waals surface area contributed by atoms with E-state index in [4.69, 9.17) is 0 Å². The molecule has 1 aliphatic rings. The van der Waals surface area contributed by atoms with Gasteiger partial charge in [-0.2, -0.15) is 13.2 Å². The highest BCUT2D eigenvalue weighted by Gasteiger charge is 2.45. The highest BCUT2D eigenvalue weighted by molar-refractivity contribution is 6.00. The van der Waals surface area contributed by atoms with E-state index in [0.29, 0.717) is 30.4 Å². The Kier molecular flexibility index (Phi) is 9.94. The summed E-state index contributed by atoms with van der Waals surface area (Å²) in [6.45, 7) is 3.74. The highest BCUT2D eigenvalue weighted by atomic mass is 19.4. The smallest absolute Gasteiger partial charge is 0.390 e. The summed E-state index contributed by atoms with van der Waals surface area (Å²) in [5, 5.41) is 20.6. The molecule has 0 radical (unpaired) electrons. The first-order valence-corrected chi connectivity index (χ1v) is 15.4. The van der Waals surface area contributed by atoms with Crippen LogP contribution in [0.25, 0.3) is 0 Å². The highest BCUT2D eigenvalue weighted by Crippen LogP contribution is 2.46. The Labute approximate surface area is 267 Å². The number of amides is 2. The van der Waals surface area contributed by atoms with Gasteiger partial charge in [0.05, 0.1) is 23.8 Å². The molecular formula is C37H38F3N3O3. The summed E-state index contributed by atoms with van der Waals surface area (Å²) < 4.78 is 40.1. The van der Waals surface area contributed by atoms with Crippen molar-refractivity contribution in [1.82, 2.24) is 16.0 Å². The van der Waals surface area contributed by atoms with E-state index in [1.54, 1.807) is 25.1 Å². The Hall–Kier alpha value is -4.47. The van der Waals surface area contributed by atoms with Crippen LogP contribution in [0.2, 0.25) is 0 Å². The molecule has 2 amide bonds. The first kappa shape index (κ1) is 32.9. The minimum Gasteiger partial charge on any atom is -0.390 e. The van der Waals surface area contributed by atoms with Gasteiger partial charge in [-0.3, -0.25) is 9.59 Å². The Morgan fingerprint density at radius 3 is 2.04 bits per heavy atom. The Bertz CT molecular complexity index is 1660. The summed E-state index contributed by atoms with van der Waals surface area (Å²) in [5.74, 6) is -0.767. The molecule has 0 aromatic heterocycles. The van der Waals surface area contributed by atoms with Gasteiger partial charge in [0.1, 0.15) is 0 Å². The summed E-state index contributed by atoms with van der Waals surface area (Å²) in [4.78, 5) is 26.8. The predicted octanol–water partition coefficient (Wildman–Crippen LogP) is 6.49. The van der Waals surface area contributed by atoms with Gasteiger partial charge in [-0.25, -0.2) is 0 Å². The normalized spacial score (nSPS) is 15.8. The van der Waals surface area contributed by atoms with Crippen molar-refractivity contribution in [2.24, 2.45) is 0 Å². The van der Waals surface area contributed by atoms with E-state index in [0.717, 1.165) is 28.8 Å². The third-order valence-electron chi connectivity index (χ3n) is 8.47. The number of benzene rings is 4. The maximum absolute atomic E-state index is 13.6. The number of hydrogen-bond acceptors (Lipinski definition) is 4. The van der Waals surface area contributed by atoms with E-state index in [1.807, 2.05) is 67.6 Å². The molecule has 5 rings (SSSR count). The molecule has 0 bridgehead atoms. The lowest BCUT2D eigenvalue weighted by Gasteiger charge is -2.27. The molecule has 1 aliphatic carbocycles. The SMILES string of the molecule is Cc1cc(C(=O)N[C@@H](Cc2ccccc2)[C@H](O)CNC2(c3cccc(C(F)(F)F)c3)CC2)cc(C(=O)N[C@H](C)c2ccccc2)c1. The van der Waals surface area contributed by atoms with Crippen LogP contribution >= 0.6 is 0 Å². The zero-order valence-electron chi connectivity index (χ0n) is 25.8. The van der Waals surface area contributed by atoms with Crippen molar-refractivity contribution >= 4 is 11.8 Å². The number of aliphatic hydroxyl groups excluding tert-OH is 1. The van der Waals surface area contributed by atoms with Crippen molar-refractivity contribution in [2.45, 2.75) is 63.0 Å². The second-order valence-corrected chi connectivity index (χ2v) is 12.1. The summed E-state index contributed by atoms with van der Waals surface area (Å²) >= 11 is 0. The molecular weight excluding hydrogens is 591 g/mol. The average molecular weight is 630 g/mol. The fourth-order valence-corrected chi connectivity index (χ4v) is 5.68. The fraction of sp³-hybridized carbons (Fsp3) is 0.297. The lowest BCUT2D eigenvalue weighted by molar-refractivity contribution is -0.137. The van der Waals surface area contributed by atoms with Crippen LogP contribution in [0.4, 0.5) is 13.2 Å². The van der Waals surface area contributed by atoms with Crippen molar-refractivity contribution in [2.75, 3.05) is 6.54 Å². The van der Waals surface area contributed by atoms with Crippen LogP contribution < -0.4 is 16.0 Å². The van der Waals surface area contributed by atoms with Gasteiger partial charge in [0.2, 0.25) is 0 Å². The Balaban J connectivity index is 1.30. The van der Waals surface area contributed by atoms with E-state index in [9.17, 15) is 27.9 Å². The van der Waals surface area contributed by atoms with Crippen molar-refractivity contribution in [3.05, 3.63) is 142 Å². The van der Waals surface area contributed by atoms with Gasteiger partial charge >= 0.3 is 6.18 Å². The van der Waals surface area contributed by atoms with Crippen LogP contribution in [0.1, 0.15) is 74.3 Å². The monoisotopic (exact) mass is 629 g/mol. The lowest BCUT2D eigenvalue weighted by Crippen LogP contribution is -2.50. The number of carbonyl (C=O) groups excluding carboxylic acids is 2. The summed E-state index contributed by atoms with van der Waals surface area (Å²) in [7, 11) is 0. The lowest BCUT2D eigenvalue weighted by atomic mass is 9.98. The Morgan fingerprint density at radius 1 is 0.826 bits per heavy atom. The number of alkyl halides is 3. The molecule has 9 heteroatoms. The van der Waals surface area contributed by atoms with Crippen LogP contribution in [0.15, 0.2) is 103 Å². The maximum atomic E-state index is 13.6. The van der Waals surface area contributed by atoms with E-state index >= 15 is 0 Å². The maximum Gasteiger partial charge on any atom is 0.416 e. The third-order valence-corrected chi connectivity index (χ3v) is 8.47. The standard InChI is InChI=1S/C37H38F3N3O3/c1-24-18-28(34(45)42-25(2)27-12-7-4-8-13-27)21-29(19-24)35(46)43-32(20-26-10-5-3-6-11-26)33(44)23-41-36(16-17-36)30-14-9-15-31(22-30)37(38,39)40/h3-15,18-19,21-22,25,32-33,41,44H,16-17,20,23H2,1-2H3,(H,42,45)(H,43,46)/t25-,32+,33-/m1/s1. The largest absolute Gasteiger partial charge is 0.416 e. The molecule has 0 saturated heterocycles. The number of aliphatic hydroxyl groups is 1.